The first-order valence-electron chi connectivity index (χ1n) is 4.70. The van der Waals surface area contributed by atoms with Gasteiger partial charge in [-0.3, -0.25) is 0 Å². The zero-order valence-corrected chi connectivity index (χ0v) is 7.87. The van der Waals surface area contributed by atoms with Crippen LogP contribution >= 0.6 is 12.6 Å². The second-order valence-corrected chi connectivity index (χ2v) is 4.88. The highest BCUT2D eigenvalue weighted by molar-refractivity contribution is 7.80. The molecular formula is C9H17NS. The Balaban J connectivity index is 1.98. The number of hydrogen-bond acceptors (Lipinski definition) is 2. The predicted molar refractivity (Wildman–Crippen MR) is 51.2 cm³/mol. The SMILES string of the molecule is SC1CCC2(CCNCC2)C1. The number of nitrogens with one attached hydrogen (secondary N) is 1. The fourth-order valence-corrected chi connectivity index (χ4v) is 3.10. The van der Waals surface area contributed by atoms with Gasteiger partial charge in [0.15, 0.2) is 0 Å². The maximum Gasteiger partial charge on any atom is 0.00223 e. The molecule has 1 saturated heterocycles. The smallest absolute Gasteiger partial charge is 0.00223 e. The largest absolute Gasteiger partial charge is 0.317 e. The molecule has 2 rings (SSSR count). The van der Waals surface area contributed by atoms with E-state index in [0.29, 0.717) is 10.7 Å². The van der Waals surface area contributed by atoms with Crippen molar-refractivity contribution in [2.45, 2.75) is 37.4 Å². The molecule has 0 aromatic rings. The van der Waals surface area contributed by atoms with E-state index in [1.165, 1.54) is 45.2 Å². The summed E-state index contributed by atoms with van der Waals surface area (Å²) in [4.78, 5) is 0. The second kappa shape index (κ2) is 2.98. The van der Waals surface area contributed by atoms with Crippen molar-refractivity contribution in [3.8, 4) is 0 Å². The van der Waals surface area contributed by atoms with Crippen molar-refractivity contribution >= 4 is 12.6 Å². The molecule has 2 heteroatoms. The highest BCUT2D eigenvalue weighted by Crippen LogP contribution is 2.46. The van der Waals surface area contributed by atoms with Crippen LogP contribution in [-0.2, 0) is 0 Å². The molecule has 0 aromatic heterocycles. The minimum Gasteiger partial charge on any atom is -0.317 e. The van der Waals surface area contributed by atoms with Crippen molar-refractivity contribution in [1.29, 1.82) is 0 Å². The minimum absolute atomic E-state index is 0.702. The molecule has 1 atom stereocenters. The molecule has 1 heterocycles. The molecule has 11 heavy (non-hydrogen) atoms. The van der Waals surface area contributed by atoms with Crippen molar-refractivity contribution in [3.63, 3.8) is 0 Å². The maximum atomic E-state index is 4.56. The van der Waals surface area contributed by atoms with Crippen molar-refractivity contribution in [2.75, 3.05) is 13.1 Å². The molecule has 1 aliphatic carbocycles. The Morgan fingerprint density at radius 3 is 2.45 bits per heavy atom. The summed E-state index contributed by atoms with van der Waals surface area (Å²) in [6.45, 7) is 2.47. The van der Waals surface area contributed by atoms with E-state index in [2.05, 4.69) is 17.9 Å². The summed E-state index contributed by atoms with van der Waals surface area (Å²) in [7, 11) is 0. The summed E-state index contributed by atoms with van der Waals surface area (Å²) in [5.74, 6) is 0. The molecule has 1 spiro atoms. The van der Waals surface area contributed by atoms with E-state index in [-0.39, 0.29) is 0 Å². The summed E-state index contributed by atoms with van der Waals surface area (Å²) in [5.41, 5.74) is 0.706. The first-order chi connectivity index (χ1) is 5.31. The molecule has 1 N–H and O–H groups in total. The van der Waals surface area contributed by atoms with Gasteiger partial charge in [-0.05, 0) is 50.6 Å². The van der Waals surface area contributed by atoms with E-state index in [1.54, 1.807) is 0 Å². The zero-order chi connectivity index (χ0) is 7.73. The molecule has 0 aromatic carbocycles. The molecule has 1 unspecified atom stereocenters. The molecule has 2 fully saturated rings. The molecule has 0 amide bonds. The number of hydrogen-bond donors (Lipinski definition) is 2. The lowest BCUT2D eigenvalue weighted by atomic mass is 9.78. The van der Waals surface area contributed by atoms with Crippen LogP contribution in [0, 0.1) is 5.41 Å². The summed E-state index contributed by atoms with van der Waals surface area (Å²) < 4.78 is 0. The third-order valence-corrected chi connectivity index (χ3v) is 3.78. The van der Waals surface area contributed by atoms with Crippen LogP contribution in [0.3, 0.4) is 0 Å². The van der Waals surface area contributed by atoms with Crippen LogP contribution in [0.4, 0.5) is 0 Å². The van der Waals surface area contributed by atoms with Crippen molar-refractivity contribution < 1.29 is 0 Å². The van der Waals surface area contributed by atoms with Gasteiger partial charge in [-0.1, -0.05) is 0 Å². The molecule has 0 radical (unpaired) electrons. The van der Waals surface area contributed by atoms with Gasteiger partial charge in [0.2, 0.25) is 0 Å². The van der Waals surface area contributed by atoms with Crippen molar-refractivity contribution in [3.05, 3.63) is 0 Å². The third-order valence-electron chi connectivity index (χ3n) is 3.34. The first kappa shape index (κ1) is 7.93. The normalized spacial score (nSPS) is 36.3. The molecule has 0 bridgehead atoms. The van der Waals surface area contributed by atoms with E-state index >= 15 is 0 Å². The van der Waals surface area contributed by atoms with E-state index in [1.807, 2.05) is 0 Å². The maximum absolute atomic E-state index is 4.56. The van der Waals surface area contributed by atoms with E-state index in [4.69, 9.17) is 0 Å². The van der Waals surface area contributed by atoms with Gasteiger partial charge in [-0.2, -0.15) is 12.6 Å². The monoisotopic (exact) mass is 171 g/mol. The summed E-state index contributed by atoms with van der Waals surface area (Å²) >= 11 is 4.56. The van der Waals surface area contributed by atoms with Crippen molar-refractivity contribution in [1.82, 2.24) is 5.32 Å². The van der Waals surface area contributed by atoms with Crippen LogP contribution in [0.5, 0.6) is 0 Å². The highest BCUT2D eigenvalue weighted by Gasteiger charge is 2.38. The summed E-state index contributed by atoms with van der Waals surface area (Å²) in [6, 6.07) is 0. The lowest BCUT2D eigenvalue weighted by Crippen LogP contribution is -2.35. The average molecular weight is 171 g/mol. The molecule has 1 aliphatic heterocycles. The van der Waals surface area contributed by atoms with Gasteiger partial charge in [0.1, 0.15) is 0 Å². The topological polar surface area (TPSA) is 12.0 Å². The fraction of sp³-hybridized carbons (Fsp3) is 1.00. The third kappa shape index (κ3) is 1.57. The minimum atomic E-state index is 0.702. The number of piperidine rings is 1. The molecular weight excluding hydrogens is 154 g/mol. The van der Waals surface area contributed by atoms with Crippen LogP contribution < -0.4 is 5.32 Å². The zero-order valence-electron chi connectivity index (χ0n) is 6.97. The number of rotatable bonds is 0. The Morgan fingerprint density at radius 1 is 1.18 bits per heavy atom. The van der Waals surface area contributed by atoms with Gasteiger partial charge < -0.3 is 5.32 Å². The lowest BCUT2D eigenvalue weighted by molar-refractivity contribution is 0.211. The van der Waals surface area contributed by atoms with E-state index in [9.17, 15) is 0 Å². The summed E-state index contributed by atoms with van der Waals surface area (Å²) in [5, 5.41) is 4.13. The van der Waals surface area contributed by atoms with Crippen LogP contribution in [0.2, 0.25) is 0 Å². The second-order valence-electron chi connectivity index (χ2n) is 4.15. The Bertz CT molecular complexity index is 135. The number of thiol groups is 1. The van der Waals surface area contributed by atoms with E-state index in [0.717, 1.165) is 0 Å². The Kier molecular flexibility index (Phi) is 2.15. The summed E-state index contributed by atoms with van der Waals surface area (Å²) in [6.07, 6.45) is 6.94. The van der Waals surface area contributed by atoms with Gasteiger partial charge >= 0.3 is 0 Å². The van der Waals surface area contributed by atoms with Crippen LogP contribution in [0.25, 0.3) is 0 Å². The van der Waals surface area contributed by atoms with Crippen LogP contribution in [0.15, 0.2) is 0 Å². The first-order valence-corrected chi connectivity index (χ1v) is 5.21. The van der Waals surface area contributed by atoms with Gasteiger partial charge in [0.25, 0.3) is 0 Å². The van der Waals surface area contributed by atoms with Gasteiger partial charge in [0, 0.05) is 5.25 Å². The predicted octanol–water partition coefficient (Wildman–Crippen LogP) is 1.84. The van der Waals surface area contributed by atoms with Gasteiger partial charge in [-0.25, -0.2) is 0 Å². The highest BCUT2D eigenvalue weighted by atomic mass is 32.1. The fourth-order valence-electron chi connectivity index (χ4n) is 2.59. The Hall–Kier alpha value is 0.310. The average Bonchev–Trinajstić information content (AvgIpc) is 2.34. The molecule has 64 valence electrons. The molecule has 1 nitrogen and oxygen atoms in total. The van der Waals surface area contributed by atoms with Crippen LogP contribution in [-0.4, -0.2) is 18.3 Å². The Labute approximate surface area is 74.4 Å². The van der Waals surface area contributed by atoms with Gasteiger partial charge in [0.05, 0.1) is 0 Å². The lowest BCUT2D eigenvalue weighted by Gasteiger charge is -2.33. The standard InChI is InChI=1S/C9H17NS/c11-8-1-2-9(7-8)3-5-10-6-4-9/h8,10-11H,1-7H2. The van der Waals surface area contributed by atoms with Gasteiger partial charge in [-0.15, -0.1) is 0 Å². The quantitative estimate of drug-likeness (QED) is 0.530. The Morgan fingerprint density at radius 2 is 1.91 bits per heavy atom. The van der Waals surface area contributed by atoms with Crippen LogP contribution in [0.1, 0.15) is 32.1 Å². The molecule has 1 saturated carbocycles. The molecule has 2 aliphatic rings. The van der Waals surface area contributed by atoms with E-state index < -0.39 is 0 Å². The van der Waals surface area contributed by atoms with Crippen molar-refractivity contribution in [2.24, 2.45) is 5.41 Å².